The van der Waals surface area contributed by atoms with Crippen LogP contribution < -0.4 is 0 Å². The van der Waals surface area contributed by atoms with Crippen molar-refractivity contribution in [2.75, 3.05) is 35.0 Å². The van der Waals surface area contributed by atoms with Crippen LogP contribution in [0.25, 0.3) is 0 Å². The molecule has 0 atom stereocenters. The van der Waals surface area contributed by atoms with Crippen LogP contribution in [0, 0.1) is 0 Å². The van der Waals surface area contributed by atoms with Gasteiger partial charge in [0.05, 0.1) is 13.5 Å². The molecule has 0 aromatic rings. The van der Waals surface area contributed by atoms with Crippen molar-refractivity contribution in [2.45, 2.75) is 25.8 Å². The zero-order valence-corrected chi connectivity index (χ0v) is 12.8. The van der Waals surface area contributed by atoms with Gasteiger partial charge in [0.1, 0.15) is 0 Å². The summed E-state index contributed by atoms with van der Waals surface area (Å²) >= 11 is 0. The molecule has 6 nitrogen and oxygen atoms in total. The molecule has 0 rings (SSSR count). The van der Waals surface area contributed by atoms with E-state index in [0.29, 0.717) is 12.6 Å². The van der Waals surface area contributed by atoms with Crippen molar-refractivity contribution in [3.05, 3.63) is 0 Å². The fourth-order valence-corrected chi connectivity index (χ4v) is 3.16. The third-order valence-electron chi connectivity index (χ3n) is 2.58. The van der Waals surface area contributed by atoms with Gasteiger partial charge in [0.15, 0.2) is 0 Å². The van der Waals surface area contributed by atoms with Crippen LogP contribution in [0.2, 0.25) is 6.04 Å². The highest BCUT2D eigenvalue weighted by Gasteiger charge is 2.36. The molecular weight excluding hydrogens is 254 g/mol. The van der Waals surface area contributed by atoms with Crippen molar-refractivity contribution < 1.29 is 22.8 Å². The fraction of sp³-hybridized carbons (Fsp3) is 0.818. The quantitative estimate of drug-likeness (QED) is 0.275. The molecular formula is C11H23NO5Si. The molecule has 18 heavy (non-hydrogen) atoms. The van der Waals surface area contributed by atoms with Gasteiger partial charge in [-0.25, -0.2) is 0 Å². The molecule has 0 amide bonds. The van der Waals surface area contributed by atoms with Crippen molar-refractivity contribution >= 4 is 20.5 Å². The lowest BCUT2D eigenvalue weighted by atomic mass is 10.3. The summed E-state index contributed by atoms with van der Waals surface area (Å²) in [5.41, 5.74) is 0.765. The highest BCUT2D eigenvalue weighted by atomic mass is 28.4. The van der Waals surface area contributed by atoms with E-state index < -0.39 is 8.80 Å². The molecule has 0 N–H and O–H groups in total. The van der Waals surface area contributed by atoms with E-state index in [0.717, 1.165) is 12.1 Å². The lowest BCUT2D eigenvalue weighted by molar-refractivity contribution is -0.139. The van der Waals surface area contributed by atoms with E-state index in [4.69, 9.17) is 13.3 Å². The van der Waals surface area contributed by atoms with Crippen molar-refractivity contribution in [1.82, 2.24) is 0 Å². The maximum atomic E-state index is 11.0. The predicted octanol–water partition coefficient (Wildman–Crippen LogP) is 1.28. The number of aliphatic imine (C=N–C) groups is 1. The number of hydrogen-bond donors (Lipinski definition) is 0. The number of methoxy groups -OCH3 is 1. The van der Waals surface area contributed by atoms with Crippen LogP contribution in [-0.4, -0.2) is 55.5 Å². The zero-order valence-electron chi connectivity index (χ0n) is 11.8. The number of nitrogens with zero attached hydrogens (tertiary/aromatic N) is 1. The summed E-state index contributed by atoms with van der Waals surface area (Å²) in [5, 5.41) is 0. The molecule has 0 bridgehead atoms. The van der Waals surface area contributed by atoms with Gasteiger partial charge in [0.2, 0.25) is 0 Å². The summed E-state index contributed by atoms with van der Waals surface area (Å²) in [6.07, 6.45) is 1.03. The van der Waals surface area contributed by atoms with Gasteiger partial charge in [-0.05, 0) is 13.3 Å². The average molecular weight is 277 g/mol. The number of carbonyl (C=O) groups excluding carboxylic acids is 1. The molecule has 7 heteroatoms. The van der Waals surface area contributed by atoms with Crippen LogP contribution in [0.3, 0.4) is 0 Å². The minimum atomic E-state index is -2.49. The highest BCUT2D eigenvalue weighted by molar-refractivity contribution is 6.60. The second kappa shape index (κ2) is 9.20. The Morgan fingerprint density at radius 3 is 2.11 bits per heavy atom. The molecule has 0 fully saturated rings. The van der Waals surface area contributed by atoms with Crippen LogP contribution in [0.4, 0.5) is 0 Å². The Hall–Kier alpha value is -0.763. The maximum absolute atomic E-state index is 11.0. The van der Waals surface area contributed by atoms with Crippen LogP contribution in [0.1, 0.15) is 19.8 Å². The van der Waals surface area contributed by atoms with Crippen LogP contribution in [-0.2, 0) is 22.8 Å². The Bertz CT molecular complexity index is 270. The third kappa shape index (κ3) is 6.25. The standard InChI is InChI=1S/C11H23NO5Si/c1-10(9-11(13)14-2)12-7-6-8-18(15-3,16-4)17-5/h6-9H2,1-5H3/b12-10+. The molecule has 0 unspecified atom stereocenters. The van der Waals surface area contributed by atoms with E-state index in [1.54, 1.807) is 21.3 Å². The Morgan fingerprint density at radius 1 is 1.11 bits per heavy atom. The molecule has 0 radical (unpaired) electrons. The van der Waals surface area contributed by atoms with E-state index in [1.165, 1.54) is 7.11 Å². The number of rotatable bonds is 9. The highest BCUT2D eigenvalue weighted by Crippen LogP contribution is 2.14. The fourth-order valence-electron chi connectivity index (χ4n) is 1.46. The van der Waals surface area contributed by atoms with Gasteiger partial charge in [-0.15, -0.1) is 0 Å². The number of carbonyl (C=O) groups is 1. The van der Waals surface area contributed by atoms with Crippen LogP contribution in [0.5, 0.6) is 0 Å². The Labute approximate surface area is 110 Å². The topological polar surface area (TPSA) is 66.4 Å². The minimum Gasteiger partial charge on any atom is -0.469 e. The first-order valence-electron chi connectivity index (χ1n) is 5.75. The van der Waals surface area contributed by atoms with E-state index in [1.807, 2.05) is 6.92 Å². The van der Waals surface area contributed by atoms with Crippen molar-refractivity contribution in [1.29, 1.82) is 0 Å². The summed E-state index contributed by atoms with van der Waals surface area (Å²) in [6, 6.07) is 0.700. The van der Waals surface area contributed by atoms with Gasteiger partial charge in [-0.3, -0.25) is 9.79 Å². The third-order valence-corrected chi connectivity index (χ3v) is 5.42. The van der Waals surface area contributed by atoms with E-state index in [9.17, 15) is 4.79 Å². The van der Waals surface area contributed by atoms with Gasteiger partial charge in [-0.2, -0.15) is 0 Å². The average Bonchev–Trinajstić information content (AvgIpc) is 2.39. The summed E-state index contributed by atoms with van der Waals surface area (Å²) in [7, 11) is 3.64. The largest absolute Gasteiger partial charge is 0.500 e. The SMILES string of the molecule is COC(=O)C/C(C)=N/CCC[Si](OC)(OC)OC. The molecule has 0 saturated heterocycles. The van der Waals surface area contributed by atoms with Crippen molar-refractivity contribution in [3.8, 4) is 0 Å². The van der Waals surface area contributed by atoms with Crippen molar-refractivity contribution in [2.24, 2.45) is 4.99 Å². The molecule has 0 aliphatic heterocycles. The van der Waals surface area contributed by atoms with Crippen LogP contribution >= 0.6 is 0 Å². The van der Waals surface area contributed by atoms with E-state index in [2.05, 4.69) is 9.73 Å². The molecule has 0 aliphatic rings. The van der Waals surface area contributed by atoms with Gasteiger partial charge in [0, 0.05) is 39.6 Å². The van der Waals surface area contributed by atoms with Gasteiger partial charge in [-0.1, -0.05) is 0 Å². The molecule has 106 valence electrons. The molecule has 0 aliphatic carbocycles. The first kappa shape index (κ1) is 17.2. The number of hydrogen-bond acceptors (Lipinski definition) is 6. The maximum Gasteiger partial charge on any atom is 0.500 e. The number of ether oxygens (including phenoxy) is 1. The lowest BCUT2D eigenvalue weighted by Gasteiger charge is -2.23. The monoisotopic (exact) mass is 277 g/mol. The first-order chi connectivity index (χ1) is 8.53. The van der Waals surface area contributed by atoms with Gasteiger partial charge >= 0.3 is 14.8 Å². The summed E-state index contributed by atoms with van der Waals surface area (Å²) in [4.78, 5) is 15.3. The molecule has 0 heterocycles. The van der Waals surface area contributed by atoms with Gasteiger partial charge < -0.3 is 18.0 Å². The summed E-state index contributed by atoms with van der Waals surface area (Å²) < 4.78 is 20.5. The minimum absolute atomic E-state index is 0.234. The summed E-state index contributed by atoms with van der Waals surface area (Å²) in [5.74, 6) is -0.273. The predicted molar refractivity (Wildman–Crippen MR) is 70.8 cm³/mol. The smallest absolute Gasteiger partial charge is 0.469 e. The molecule has 0 aromatic carbocycles. The second-order valence-corrected chi connectivity index (χ2v) is 6.86. The second-order valence-electron chi connectivity index (χ2n) is 3.77. The Morgan fingerprint density at radius 2 is 1.67 bits per heavy atom. The molecule has 0 spiro atoms. The normalized spacial score (nSPS) is 12.6. The van der Waals surface area contributed by atoms with E-state index >= 15 is 0 Å². The first-order valence-corrected chi connectivity index (χ1v) is 7.69. The number of esters is 1. The lowest BCUT2D eigenvalue weighted by Crippen LogP contribution is -2.42. The Kier molecular flexibility index (Phi) is 8.81. The Balaban J connectivity index is 4.04. The summed E-state index contributed by atoms with van der Waals surface area (Å²) in [6.45, 7) is 2.43. The molecule has 0 aromatic heterocycles. The van der Waals surface area contributed by atoms with Gasteiger partial charge in [0.25, 0.3) is 0 Å². The molecule has 0 saturated carbocycles. The van der Waals surface area contributed by atoms with E-state index in [-0.39, 0.29) is 12.4 Å². The van der Waals surface area contributed by atoms with Crippen LogP contribution in [0.15, 0.2) is 4.99 Å². The zero-order chi connectivity index (χ0) is 14.0. The van der Waals surface area contributed by atoms with Crippen molar-refractivity contribution in [3.63, 3.8) is 0 Å².